The van der Waals surface area contributed by atoms with Crippen LogP contribution in [0.4, 0.5) is 0 Å². The minimum Gasteiger partial charge on any atom is -0.344 e. The molecule has 0 fully saturated rings. The number of aryl methyl sites for hydroxylation is 1. The van der Waals surface area contributed by atoms with Crippen LogP contribution in [0.5, 0.6) is 0 Å². The molecule has 0 amide bonds. The molecule has 1 aromatic carbocycles. The summed E-state index contributed by atoms with van der Waals surface area (Å²) in [6.45, 7) is 8.99. The molecule has 0 unspecified atom stereocenters. The first kappa shape index (κ1) is 23.5. The van der Waals surface area contributed by atoms with Gasteiger partial charge in [-0.2, -0.15) is 0 Å². The Bertz CT molecular complexity index is 454. The van der Waals surface area contributed by atoms with Crippen molar-refractivity contribution in [2.75, 3.05) is 0 Å². The van der Waals surface area contributed by atoms with E-state index in [4.69, 9.17) is 11.6 Å². The van der Waals surface area contributed by atoms with Gasteiger partial charge in [-0.3, -0.25) is 0 Å². The van der Waals surface area contributed by atoms with Gasteiger partial charge in [0.25, 0.3) is 0 Å². The zero-order valence-corrected chi connectivity index (χ0v) is 17.4. The second kappa shape index (κ2) is 13.7. The molecule has 0 heterocycles. The fraction of sp³-hybridized carbons (Fsp3) is 0.727. The van der Waals surface area contributed by atoms with E-state index in [1.807, 2.05) is 0 Å². The summed E-state index contributed by atoms with van der Waals surface area (Å²) < 4.78 is 0. The molecule has 0 saturated carbocycles. The number of unbranched alkanes of at least 4 members (excludes halogenated alkanes) is 9. The zero-order chi connectivity index (χ0) is 17.1. The van der Waals surface area contributed by atoms with E-state index in [2.05, 4.69) is 33.8 Å². The summed E-state index contributed by atoms with van der Waals surface area (Å²) in [5.41, 5.74) is 7.13. The van der Waals surface area contributed by atoms with Gasteiger partial charge in [0.15, 0.2) is 0 Å². The summed E-state index contributed by atoms with van der Waals surface area (Å²) in [4.78, 5) is 0. The van der Waals surface area contributed by atoms with Gasteiger partial charge in [0, 0.05) is 5.88 Å². The molecule has 0 spiro atoms. The quantitative estimate of drug-likeness (QED) is 0.300. The van der Waals surface area contributed by atoms with Crippen LogP contribution in [-0.4, -0.2) is 0 Å². The van der Waals surface area contributed by atoms with Crippen LogP contribution in [0.25, 0.3) is 0 Å². The smallest absolute Gasteiger partial charge is 0.0476 e. The van der Waals surface area contributed by atoms with Crippen molar-refractivity contribution >= 4 is 11.6 Å². The average molecular weight is 354 g/mol. The first-order valence-electron chi connectivity index (χ1n) is 9.76. The number of halogens is 1. The third-order valence-corrected chi connectivity index (χ3v) is 5.67. The van der Waals surface area contributed by atoms with Crippen LogP contribution >= 0.6 is 11.6 Å². The molecular formula is C22H40ClN. The Kier molecular flexibility index (Phi) is 13.4. The third-order valence-electron chi connectivity index (χ3n) is 5.38. The number of alkyl halides is 1. The molecular weight excluding hydrogens is 314 g/mol. The Morgan fingerprint density at radius 3 is 1.62 bits per heavy atom. The molecule has 0 aliphatic heterocycles. The molecule has 0 aromatic heterocycles. The van der Waals surface area contributed by atoms with Crippen LogP contribution in [0.1, 0.15) is 98.9 Å². The summed E-state index contributed by atoms with van der Waals surface area (Å²) >= 11 is 6.09. The highest BCUT2D eigenvalue weighted by Crippen LogP contribution is 2.24. The number of hydrogen-bond acceptors (Lipinski definition) is 1. The summed E-state index contributed by atoms with van der Waals surface area (Å²) in [6, 6.07) is 2.35. The molecule has 1 rings (SSSR count). The van der Waals surface area contributed by atoms with E-state index in [9.17, 15) is 0 Å². The first-order chi connectivity index (χ1) is 11.1. The van der Waals surface area contributed by atoms with Crippen molar-refractivity contribution in [3.8, 4) is 0 Å². The van der Waals surface area contributed by atoms with Gasteiger partial charge in [0.05, 0.1) is 0 Å². The second-order valence-corrected chi connectivity index (χ2v) is 7.40. The highest BCUT2D eigenvalue weighted by atomic mass is 35.5. The van der Waals surface area contributed by atoms with Crippen LogP contribution in [0, 0.1) is 20.8 Å². The normalized spacial score (nSPS) is 10.7. The molecule has 3 N–H and O–H groups in total. The number of benzene rings is 1. The van der Waals surface area contributed by atoms with E-state index in [-0.39, 0.29) is 6.15 Å². The van der Waals surface area contributed by atoms with E-state index in [1.165, 1.54) is 98.4 Å². The summed E-state index contributed by atoms with van der Waals surface area (Å²) in [5, 5.41) is 0. The molecule has 0 aliphatic rings. The van der Waals surface area contributed by atoms with Gasteiger partial charge in [-0.1, -0.05) is 70.8 Å². The molecule has 0 saturated heterocycles. The van der Waals surface area contributed by atoms with Gasteiger partial charge >= 0.3 is 0 Å². The van der Waals surface area contributed by atoms with Crippen molar-refractivity contribution in [3.05, 3.63) is 33.9 Å². The monoisotopic (exact) mass is 353 g/mol. The summed E-state index contributed by atoms with van der Waals surface area (Å²) in [5.74, 6) is 0.637. The molecule has 1 nitrogen and oxygen atoms in total. The molecule has 0 atom stereocenters. The van der Waals surface area contributed by atoms with E-state index in [1.54, 1.807) is 0 Å². The lowest BCUT2D eigenvalue weighted by molar-refractivity contribution is 0.556. The maximum atomic E-state index is 6.09. The zero-order valence-electron chi connectivity index (χ0n) is 16.6. The van der Waals surface area contributed by atoms with Crippen LogP contribution in [0.15, 0.2) is 6.07 Å². The van der Waals surface area contributed by atoms with E-state index >= 15 is 0 Å². The maximum Gasteiger partial charge on any atom is 0.0476 e. The topological polar surface area (TPSA) is 35.0 Å². The first-order valence-corrected chi connectivity index (χ1v) is 10.3. The van der Waals surface area contributed by atoms with Crippen molar-refractivity contribution in [2.45, 2.75) is 104 Å². The Hall–Kier alpha value is -0.530. The van der Waals surface area contributed by atoms with Crippen molar-refractivity contribution < 1.29 is 0 Å². The molecule has 24 heavy (non-hydrogen) atoms. The fourth-order valence-electron chi connectivity index (χ4n) is 3.39. The van der Waals surface area contributed by atoms with Gasteiger partial charge in [-0.05, 0) is 61.4 Å². The third kappa shape index (κ3) is 8.03. The predicted molar refractivity (Wildman–Crippen MR) is 111 cm³/mol. The fourth-order valence-corrected chi connectivity index (χ4v) is 3.67. The Morgan fingerprint density at radius 2 is 1.12 bits per heavy atom. The van der Waals surface area contributed by atoms with Crippen LogP contribution in [0.2, 0.25) is 0 Å². The predicted octanol–water partition coefficient (Wildman–Crippen LogP) is 7.98. The molecule has 140 valence electrons. The van der Waals surface area contributed by atoms with Gasteiger partial charge in [-0.15, -0.1) is 11.6 Å². The number of hydrogen-bond donors (Lipinski definition) is 1. The second-order valence-electron chi connectivity index (χ2n) is 7.14. The van der Waals surface area contributed by atoms with Crippen LogP contribution in [-0.2, 0) is 12.3 Å². The SMILES string of the molecule is CCCCCCCCCCCCc1cc(CCl)c(C)c(C)c1C.N. The molecule has 0 aliphatic carbocycles. The Morgan fingerprint density at radius 1 is 0.667 bits per heavy atom. The van der Waals surface area contributed by atoms with Crippen molar-refractivity contribution in [1.29, 1.82) is 0 Å². The average Bonchev–Trinajstić information content (AvgIpc) is 2.56. The van der Waals surface area contributed by atoms with Gasteiger partial charge in [0.2, 0.25) is 0 Å². The van der Waals surface area contributed by atoms with Crippen molar-refractivity contribution in [3.63, 3.8) is 0 Å². The minimum absolute atomic E-state index is 0. The van der Waals surface area contributed by atoms with Crippen LogP contribution in [0.3, 0.4) is 0 Å². The van der Waals surface area contributed by atoms with Crippen molar-refractivity contribution in [2.24, 2.45) is 0 Å². The van der Waals surface area contributed by atoms with Crippen LogP contribution < -0.4 is 6.15 Å². The van der Waals surface area contributed by atoms with E-state index in [0.29, 0.717) is 5.88 Å². The minimum atomic E-state index is 0. The molecule has 2 heteroatoms. The Balaban J connectivity index is 0.00000529. The highest BCUT2D eigenvalue weighted by molar-refractivity contribution is 6.17. The molecule has 1 aromatic rings. The van der Waals surface area contributed by atoms with E-state index in [0.717, 1.165) is 0 Å². The lowest BCUT2D eigenvalue weighted by Gasteiger charge is -2.15. The summed E-state index contributed by atoms with van der Waals surface area (Å²) in [6.07, 6.45) is 15.3. The summed E-state index contributed by atoms with van der Waals surface area (Å²) in [7, 11) is 0. The van der Waals surface area contributed by atoms with Gasteiger partial charge < -0.3 is 6.15 Å². The lowest BCUT2D eigenvalue weighted by Crippen LogP contribution is -1.99. The Labute approximate surface area is 156 Å². The number of rotatable bonds is 12. The largest absolute Gasteiger partial charge is 0.344 e. The maximum absolute atomic E-state index is 6.09. The van der Waals surface area contributed by atoms with Gasteiger partial charge in [0.1, 0.15) is 0 Å². The van der Waals surface area contributed by atoms with Crippen molar-refractivity contribution in [1.82, 2.24) is 6.15 Å². The highest BCUT2D eigenvalue weighted by Gasteiger charge is 2.08. The lowest BCUT2D eigenvalue weighted by atomic mass is 9.92. The van der Waals surface area contributed by atoms with Gasteiger partial charge in [-0.25, -0.2) is 0 Å². The molecule has 0 bridgehead atoms. The molecule has 0 radical (unpaired) electrons. The van der Waals surface area contributed by atoms with E-state index < -0.39 is 0 Å². The standard InChI is InChI=1S/C22H37Cl.H3N/c1-5-6-7-8-9-10-11-12-13-14-15-21-16-22(17-23)20(4)18(2)19(21)3;/h16H,5-15,17H2,1-4H3;1H3.